The third-order valence-corrected chi connectivity index (χ3v) is 17.2. The first-order chi connectivity index (χ1) is 39.5. The van der Waals surface area contributed by atoms with Crippen LogP contribution in [0.2, 0.25) is 13.1 Å². The normalized spacial score (nSPS) is 14.2. The van der Waals surface area contributed by atoms with Crippen molar-refractivity contribution in [2.45, 2.75) is 103 Å². The van der Waals surface area contributed by atoms with Crippen LogP contribution < -0.4 is 0 Å². The molecule has 0 unspecified atom stereocenters. The zero-order chi connectivity index (χ0) is 54.6. The number of fused-ring (bicyclic) bond motifs is 6. The van der Waals surface area contributed by atoms with Crippen molar-refractivity contribution in [1.29, 1.82) is 0 Å². The van der Waals surface area contributed by atoms with Crippen LogP contribution in [0.5, 0.6) is 0 Å². The van der Waals surface area contributed by atoms with Crippen LogP contribution in [0.25, 0.3) is 109 Å². The fraction of sp³-hybridized carbons (Fsp3) is 0.237. The Bertz CT molecular complexity index is 3480. The molecule has 0 amide bonds. The van der Waals surface area contributed by atoms with Gasteiger partial charge in [0.15, 0.2) is 0 Å². The van der Waals surface area contributed by atoms with Gasteiger partial charge < -0.3 is 0 Å². The molecule has 2 saturated carbocycles. The van der Waals surface area contributed by atoms with Crippen LogP contribution in [0.3, 0.4) is 0 Å². The molecule has 0 N–H and O–H groups in total. The van der Waals surface area contributed by atoms with Crippen LogP contribution in [0.4, 0.5) is 0 Å². The minimum absolute atomic E-state index is 0.821. The van der Waals surface area contributed by atoms with E-state index in [1.807, 2.05) is 0 Å². The van der Waals surface area contributed by atoms with Gasteiger partial charge in [-0.1, -0.05) is 318 Å². The molecule has 0 bridgehead atoms. The number of halogens is 2. The maximum absolute atomic E-state index is 4.93. The van der Waals surface area contributed by atoms with Gasteiger partial charge in [-0.05, 0) is 78.9 Å². The number of rotatable bonds is 8. The van der Waals surface area contributed by atoms with E-state index in [0.29, 0.717) is 0 Å². The first-order valence-corrected chi connectivity index (χ1v) is 37.8. The van der Waals surface area contributed by atoms with Crippen molar-refractivity contribution in [2.24, 2.45) is 11.8 Å². The zero-order valence-electron chi connectivity index (χ0n) is 46.6. The van der Waals surface area contributed by atoms with Gasteiger partial charge in [0.25, 0.3) is 0 Å². The second-order valence-corrected chi connectivity index (χ2v) is 27.2. The Kier molecular flexibility index (Phi) is 19.1. The van der Waals surface area contributed by atoms with E-state index in [2.05, 4.69) is 231 Å². The maximum atomic E-state index is 4.93. The molecule has 0 atom stereocenters. The van der Waals surface area contributed by atoms with Crippen molar-refractivity contribution in [3.05, 3.63) is 230 Å². The van der Waals surface area contributed by atoms with Crippen molar-refractivity contribution in [1.82, 2.24) is 0 Å². The molecule has 0 nitrogen and oxygen atoms in total. The standard InChI is InChI=1S/2C37H33.C2H6Si.2ClH.Zr/c2*1-2-4-12-26(11-3-1)23-27-24-36-34(32-19-9-15-28-13-5-7-17-30(28)32)21-22-35(37(36)25-27)33-20-10-16-29-14-6-8-18-31(29)33;1-3-2;;;/h2*5-10,13-22,24-26H,1-4,11-12,23H2;1-2H3;2*1H;/q2*-1;;;;+4/p-2. The maximum Gasteiger partial charge on any atom is -0.0114 e. The molecule has 12 aromatic rings. The van der Waals surface area contributed by atoms with E-state index in [0.717, 1.165) is 21.4 Å². The van der Waals surface area contributed by atoms with E-state index in [-0.39, 0.29) is 0 Å². The monoisotopic (exact) mass is 1170 g/mol. The Morgan fingerprint density at radius 2 is 0.588 bits per heavy atom. The average Bonchev–Trinajstić information content (AvgIpc) is 4.00. The number of benzene rings is 10. The first-order valence-electron chi connectivity index (χ1n) is 29.5. The molecule has 2 fully saturated rings. The Morgan fingerprint density at radius 1 is 0.338 bits per heavy atom. The topological polar surface area (TPSA) is 0 Å². The van der Waals surface area contributed by atoms with Gasteiger partial charge in [0.1, 0.15) is 0 Å². The minimum atomic E-state index is -0.826. The third kappa shape index (κ3) is 12.6. The molecule has 4 heteroatoms. The summed E-state index contributed by atoms with van der Waals surface area (Å²) in [6.45, 7) is 4.31. The van der Waals surface area contributed by atoms with E-state index < -0.39 is 20.8 Å². The minimum Gasteiger partial charge on any atom is -0.164 e. The van der Waals surface area contributed by atoms with Gasteiger partial charge in [-0.3, -0.25) is 0 Å². The van der Waals surface area contributed by atoms with E-state index in [4.69, 9.17) is 17.0 Å². The molecule has 0 aromatic heterocycles. The molecule has 2 radical (unpaired) electrons. The van der Waals surface area contributed by atoms with Gasteiger partial charge in [-0.2, -0.15) is 12.1 Å². The fourth-order valence-electron chi connectivity index (χ4n) is 13.5. The summed E-state index contributed by atoms with van der Waals surface area (Å²) in [6, 6.07) is 81.7. The van der Waals surface area contributed by atoms with Gasteiger partial charge in [-0.15, -0.1) is 44.8 Å². The van der Waals surface area contributed by atoms with Gasteiger partial charge in [0.2, 0.25) is 0 Å². The van der Waals surface area contributed by atoms with Gasteiger partial charge in [0, 0.05) is 9.52 Å². The van der Waals surface area contributed by atoms with Crippen LogP contribution in [0.15, 0.2) is 218 Å². The molecule has 80 heavy (non-hydrogen) atoms. The fourth-order valence-corrected chi connectivity index (χ4v) is 13.5. The zero-order valence-corrected chi connectivity index (χ0v) is 51.6. The van der Waals surface area contributed by atoms with E-state index in [9.17, 15) is 0 Å². The van der Waals surface area contributed by atoms with E-state index >= 15 is 0 Å². The number of hydrogen-bond acceptors (Lipinski definition) is 0. The predicted molar refractivity (Wildman–Crippen MR) is 350 cm³/mol. The van der Waals surface area contributed by atoms with E-state index in [1.54, 1.807) is 0 Å². The van der Waals surface area contributed by atoms with Crippen LogP contribution in [0, 0.1) is 11.8 Å². The van der Waals surface area contributed by atoms with Gasteiger partial charge >= 0.3 is 37.9 Å². The third-order valence-electron chi connectivity index (χ3n) is 17.2. The molecule has 0 aliphatic heterocycles. The molecular weight excluding hydrogens is 1100 g/mol. The molecule has 398 valence electrons. The molecule has 2 aliphatic rings. The van der Waals surface area contributed by atoms with Gasteiger partial charge in [0.05, 0.1) is 0 Å². The molecule has 0 heterocycles. The van der Waals surface area contributed by atoms with Crippen molar-refractivity contribution in [2.75, 3.05) is 0 Å². The van der Waals surface area contributed by atoms with Gasteiger partial charge in [-0.25, -0.2) is 0 Å². The summed E-state index contributed by atoms with van der Waals surface area (Å²) >= 11 is -0.826. The molecular formula is C76H72Cl2SiZr. The predicted octanol–water partition coefficient (Wildman–Crippen LogP) is 23.6. The average molecular weight is 1180 g/mol. The van der Waals surface area contributed by atoms with E-state index in [1.165, 1.54) is 210 Å². The Labute approximate surface area is 496 Å². The largest absolute Gasteiger partial charge is 0.164 e. The second kappa shape index (κ2) is 27.3. The van der Waals surface area contributed by atoms with Crippen LogP contribution in [-0.2, 0) is 33.7 Å². The summed E-state index contributed by atoms with van der Waals surface area (Å²) in [6.07, 6.45) is 19.2. The summed E-state index contributed by atoms with van der Waals surface area (Å²) in [5.74, 6) is 1.64. The van der Waals surface area contributed by atoms with Crippen molar-refractivity contribution < 1.29 is 20.8 Å². The molecule has 0 spiro atoms. The SMILES string of the molecule is C[Si]C.[Cl][Zr+2][Cl].c1ccc2c(-c3ccc(-c4cccc5ccccc45)c4[cH-]c(CC5CCCCCC5)cc34)cccc2c1.c1ccc2c(-c3ccc(-c4cccc5ccccc45)c4[cH-]c(CC5CCCCCC5)cc34)cccc2c1. The smallest absolute Gasteiger partial charge is 0.0114 e. The Balaban J connectivity index is 0.000000154. The quantitative estimate of drug-likeness (QED) is 0.0808. The van der Waals surface area contributed by atoms with Crippen molar-refractivity contribution >= 4 is 91.2 Å². The number of hydrogen-bond donors (Lipinski definition) is 0. The van der Waals surface area contributed by atoms with Crippen LogP contribution >= 0.6 is 17.0 Å². The van der Waals surface area contributed by atoms with Crippen LogP contribution in [0.1, 0.15) is 88.2 Å². The molecule has 2 aliphatic carbocycles. The van der Waals surface area contributed by atoms with Crippen LogP contribution in [-0.4, -0.2) is 9.52 Å². The molecule has 0 saturated heterocycles. The molecule has 12 aromatic carbocycles. The second-order valence-electron chi connectivity index (χ2n) is 22.5. The summed E-state index contributed by atoms with van der Waals surface area (Å²) in [5, 5.41) is 16.1. The van der Waals surface area contributed by atoms with Crippen molar-refractivity contribution in [3.8, 4) is 44.5 Å². The Hall–Kier alpha value is -5.86. The summed E-state index contributed by atoms with van der Waals surface area (Å²) in [7, 11) is 11.0. The molecule has 14 rings (SSSR count). The Morgan fingerprint density at radius 3 is 0.900 bits per heavy atom. The summed E-state index contributed by atoms with van der Waals surface area (Å²) in [4.78, 5) is 0. The summed E-state index contributed by atoms with van der Waals surface area (Å²) in [5.41, 5.74) is 13.8. The van der Waals surface area contributed by atoms with Crippen molar-refractivity contribution in [3.63, 3.8) is 0 Å². The summed E-state index contributed by atoms with van der Waals surface area (Å²) < 4.78 is 0. The first kappa shape index (κ1) is 56.0.